The van der Waals surface area contributed by atoms with Gasteiger partial charge in [-0.15, -0.1) is 0 Å². The predicted molar refractivity (Wildman–Crippen MR) is 362 cm³/mol. The smallest absolute Gasteiger partial charge is 0.306 e. The van der Waals surface area contributed by atoms with Gasteiger partial charge in [0, 0.05) is 19.3 Å². The average Bonchev–Trinajstić information content (AvgIpc) is 3.49. The zero-order valence-electron chi connectivity index (χ0n) is 55.2. The Kier molecular flexibility index (Phi) is 68.2. The molecule has 0 spiro atoms. The molecule has 0 aliphatic carbocycles. The van der Waals surface area contributed by atoms with E-state index in [-0.39, 0.29) is 31.1 Å². The van der Waals surface area contributed by atoms with E-state index in [1.54, 1.807) is 0 Å². The summed E-state index contributed by atoms with van der Waals surface area (Å²) in [6, 6.07) is 0. The molecule has 83 heavy (non-hydrogen) atoms. The van der Waals surface area contributed by atoms with Gasteiger partial charge in [0.25, 0.3) is 0 Å². The van der Waals surface area contributed by atoms with Crippen molar-refractivity contribution in [3.05, 3.63) is 85.1 Å². The lowest BCUT2D eigenvalue weighted by molar-refractivity contribution is -0.167. The quantitative estimate of drug-likeness (QED) is 0.0261. The Morgan fingerprint density at radius 3 is 0.735 bits per heavy atom. The van der Waals surface area contributed by atoms with E-state index in [0.29, 0.717) is 19.3 Å². The van der Waals surface area contributed by atoms with E-state index in [9.17, 15) is 14.4 Å². The van der Waals surface area contributed by atoms with Crippen LogP contribution in [0.1, 0.15) is 367 Å². The molecule has 0 saturated carbocycles. The van der Waals surface area contributed by atoms with Crippen molar-refractivity contribution < 1.29 is 28.6 Å². The highest BCUT2D eigenvalue weighted by Crippen LogP contribution is 2.18. The number of hydrogen-bond donors (Lipinski definition) is 0. The molecule has 0 heterocycles. The zero-order valence-corrected chi connectivity index (χ0v) is 55.2. The van der Waals surface area contributed by atoms with E-state index in [4.69, 9.17) is 14.2 Å². The second-order valence-electron chi connectivity index (χ2n) is 24.1. The van der Waals surface area contributed by atoms with Crippen LogP contribution < -0.4 is 0 Å². The molecular weight excluding hydrogens is 1020 g/mol. The fourth-order valence-corrected chi connectivity index (χ4v) is 10.5. The monoisotopic (exact) mass is 1160 g/mol. The van der Waals surface area contributed by atoms with Crippen LogP contribution in [0.25, 0.3) is 0 Å². The molecule has 0 aliphatic heterocycles. The Bertz CT molecular complexity index is 1570. The van der Waals surface area contributed by atoms with Crippen molar-refractivity contribution in [3.8, 4) is 0 Å². The van der Waals surface area contributed by atoms with Crippen LogP contribution in [-0.2, 0) is 28.6 Å². The van der Waals surface area contributed by atoms with Gasteiger partial charge < -0.3 is 14.2 Å². The third kappa shape index (κ3) is 69.3. The molecule has 0 fully saturated rings. The third-order valence-electron chi connectivity index (χ3n) is 15.9. The molecule has 0 aromatic carbocycles. The molecule has 0 radical (unpaired) electrons. The summed E-state index contributed by atoms with van der Waals surface area (Å²) in [5.74, 6) is -0.849. The van der Waals surface area contributed by atoms with Gasteiger partial charge in [-0.25, -0.2) is 0 Å². The first-order valence-electron chi connectivity index (χ1n) is 36.1. The van der Waals surface area contributed by atoms with Gasteiger partial charge in [0.2, 0.25) is 0 Å². The van der Waals surface area contributed by atoms with E-state index in [1.165, 1.54) is 225 Å². The van der Waals surface area contributed by atoms with Crippen molar-refractivity contribution in [1.29, 1.82) is 0 Å². The maximum atomic E-state index is 12.9. The molecule has 1 unspecified atom stereocenters. The Hall–Kier alpha value is -3.41. The number of carbonyl (C=O) groups excluding carboxylic acids is 3. The lowest BCUT2D eigenvalue weighted by Gasteiger charge is -2.18. The molecule has 0 aromatic rings. The molecule has 0 bridgehead atoms. The SMILES string of the molecule is CC/C=C\C/C=C\C/C=C\C/C=C\C/C=C\C/C=C\C/C=C\CCCCCCCCCCCCCC(=O)OCC(COC(=O)CCCCCCCCCCCCCCCCCC)OC(=O)CCCCCCCCCCCCCCCCCC. The van der Waals surface area contributed by atoms with E-state index >= 15 is 0 Å². The normalized spacial score (nSPS) is 12.6. The van der Waals surface area contributed by atoms with Crippen molar-refractivity contribution in [2.75, 3.05) is 13.2 Å². The Labute approximate surface area is 515 Å². The zero-order chi connectivity index (χ0) is 59.9. The first-order chi connectivity index (χ1) is 41.0. The number of esters is 3. The summed E-state index contributed by atoms with van der Waals surface area (Å²) >= 11 is 0. The van der Waals surface area contributed by atoms with Crippen LogP contribution in [0.5, 0.6) is 0 Å². The predicted octanol–water partition coefficient (Wildman–Crippen LogP) is 25.0. The lowest BCUT2D eigenvalue weighted by atomic mass is 10.0. The van der Waals surface area contributed by atoms with E-state index < -0.39 is 6.10 Å². The highest BCUT2D eigenvalue weighted by atomic mass is 16.6. The molecule has 1 atom stereocenters. The number of allylic oxidation sites excluding steroid dienone is 14. The molecule has 0 aliphatic rings. The fourth-order valence-electron chi connectivity index (χ4n) is 10.5. The molecule has 6 heteroatoms. The second kappa shape index (κ2) is 71.1. The minimum atomic E-state index is -0.774. The van der Waals surface area contributed by atoms with Crippen molar-refractivity contribution >= 4 is 17.9 Å². The number of carbonyl (C=O) groups is 3. The summed E-state index contributed by atoms with van der Waals surface area (Å²) in [5.41, 5.74) is 0. The number of unbranched alkanes of at least 4 members (excludes halogenated alkanes) is 41. The maximum Gasteiger partial charge on any atom is 0.306 e. The number of hydrogen-bond acceptors (Lipinski definition) is 6. The van der Waals surface area contributed by atoms with Gasteiger partial charge >= 0.3 is 17.9 Å². The van der Waals surface area contributed by atoms with Gasteiger partial charge in [-0.05, 0) is 77.0 Å². The van der Waals surface area contributed by atoms with Crippen LogP contribution >= 0.6 is 0 Å². The van der Waals surface area contributed by atoms with Crippen LogP contribution in [0, 0.1) is 0 Å². The van der Waals surface area contributed by atoms with Crippen LogP contribution in [0.15, 0.2) is 85.1 Å². The van der Waals surface area contributed by atoms with Crippen molar-refractivity contribution in [2.45, 2.75) is 374 Å². The van der Waals surface area contributed by atoms with Crippen LogP contribution in [0.2, 0.25) is 0 Å². The Balaban J connectivity index is 4.23. The molecule has 480 valence electrons. The molecule has 6 nitrogen and oxygen atoms in total. The van der Waals surface area contributed by atoms with Gasteiger partial charge in [-0.2, -0.15) is 0 Å². The van der Waals surface area contributed by atoms with Crippen molar-refractivity contribution in [2.24, 2.45) is 0 Å². The highest BCUT2D eigenvalue weighted by Gasteiger charge is 2.19. The summed E-state index contributed by atoms with van der Waals surface area (Å²) in [6.45, 7) is 6.59. The van der Waals surface area contributed by atoms with Gasteiger partial charge in [-0.1, -0.05) is 356 Å². The van der Waals surface area contributed by atoms with Crippen LogP contribution in [0.3, 0.4) is 0 Å². The van der Waals surface area contributed by atoms with E-state index in [2.05, 4.69) is 106 Å². The number of rotatable bonds is 66. The van der Waals surface area contributed by atoms with Crippen molar-refractivity contribution in [1.82, 2.24) is 0 Å². The van der Waals surface area contributed by atoms with Gasteiger partial charge in [0.05, 0.1) is 0 Å². The van der Waals surface area contributed by atoms with Gasteiger partial charge in [-0.3, -0.25) is 14.4 Å². The average molecular weight is 1160 g/mol. The second-order valence-corrected chi connectivity index (χ2v) is 24.1. The van der Waals surface area contributed by atoms with Crippen molar-refractivity contribution in [3.63, 3.8) is 0 Å². The first kappa shape index (κ1) is 79.6. The standard InChI is InChI=1S/C77H136O6/c1-4-7-10-13-16-19-22-25-28-31-32-33-34-35-36-37-38-39-40-41-42-43-44-45-46-47-50-52-55-58-61-64-67-70-76(79)82-73-74(83-77(80)71-68-65-62-59-56-53-49-30-27-24-21-18-15-12-9-6-3)72-81-75(78)69-66-63-60-57-54-51-48-29-26-23-20-17-14-11-8-5-2/h7,10,16,19,25,28,32-33,35-36,38-39,41-42,74H,4-6,8-9,11-15,17-18,20-24,26-27,29-31,34,37,40,43-73H2,1-3H3/b10-7-,19-16-,28-25-,33-32-,36-35-,39-38-,42-41-. The molecular formula is C77H136O6. The maximum absolute atomic E-state index is 12.9. The van der Waals surface area contributed by atoms with Crippen LogP contribution in [-0.4, -0.2) is 37.2 Å². The summed E-state index contributed by atoms with van der Waals surface area (Å²) in [7, 11) is 0. The van der Waals surface area contributed by atoms with E-state index in [0.717, 1.165) is 103 Å². The Morgan fingerprint density at radius 1 is 0.253 bits per heavy atom. The van der Waals surface area contributed by atoms with Gasteiger partial charge in [0.1, 0.15) is 13.2 Å². The summed E-state index contributed by atoms with van der Waals surface area (Å²) in [6.07, 6.45) is 94.6. The molecule has 0 rings (SSSR count). The summed E-state index contributed by atoms with van der Waals surface area (Å²) in [5, 5.41) is 0. The minimum Gasteiger partial charge on any atom is -0.462 e. The largest absolute Gasteiger partial charge is 0.462 e. The topological polar surface area (TPSA) is 78.9 Å². The lowest BCUT2D eigenvalue weighted by Crippen LogP contribution is -2.30. The highest BCUT2D eigenvalue weighted by molar-refractivity contribution is 5.71. The minimum absolute atomic E-state index is 0.0701. The number of ether oxygens (including phenoxy) is 3. The van der Waals surface area contributed by atoms with Gasteiger partial charge in [0.15, 0.2) is 6.10 Å². The third-order valence-corrected chi connectivity index (χ3v) is 15.9. The fraction of sp³-hybridized carbons (Fsp3) is 0.779. The molecule has 0 N–H and O–H groups in total. The molecule has 0 aromatic heterocycles. The summed E-state index contributed by atoms with van der Waals surface area (Å²) < 4.78 is 17.0. The Morgan fingerprint density at radius 2 is 0.470 bits per heavy atom. The van der Waals surface area contributed by atoms with E-state index in [1.807, 2.05) is 0 Å². The summed E-state index contributed by atoms with van der Waals surface area (Å²) in [4.78, 5) is 38.4. The molecule has 0 saturated heterocycles. The van der Waals surface area contributed by atoms with Crippen LogP contribution in [0.4, 0.5) is 0 Å². The first-order valence-corrected chi connectivity index (χ1v) is 36.1. The molecule has 0 amide bonds.